The molecule has 2 aromatic carbocycles. The van der Waals surface area contributed by atoms with Crippen molar-refractivity contribution in [1.82, 2.24) is 10.2 Å². The Morgan fingerprint density at radius 2 is 1.65 bits per heavy atom. The molecule has 184 valence electrons. The summed E-state index contributed by atoms with van der Waals surface area (Å²) in [6, 6.07) is 17.4. The fourth-order valence-corrected chi connectivity index (χ4v) is 4.52. The van der Waals surface area contributed by atoms with E-state index in [4.69, 9.17) is 4.74 Å². The van der Waals surface area contributed by atoms with Crippen molar-refractivity contribution in [3.63, 3.8) is 0 Å². The van der Waals surface area contributed by atoms with Gasteiger partial charge < -0.3 is 15.0 Å². The minimum atomic E-state index is -0.526. The number of hydrogen-bond donors (Lipinski definition) is 1. The number of benzene rings is 2. The number of nitrogens with one attached hydrogen (secondary N) is 1. The van der Waals surface area contributed by atoms with E-state index in [1.54, 1.807) is 4.90 Å². The molecule has 0 aliphatic heterocycles. The van der Waals surface area contributed by atoms with Crippen molar-refractivity contribution in [2.45, 2.75) is 90.3 Å². The summed E-state index contributed by atoms with van der Waals surface area (Å²) in [5.41, 5.74) is 2.26. The third-order valence-corrected chi connectivity index (χ3v) is 6.62. The lowest BCUT2D eigenvalue weighted by Crippen LogP contribution is -2.52. The van der Waals surface area contributed by atoms with Crippen LogP contribution in [0.5, 0.6) is 5.75 Å². The fourth-order valence-electron chi connectivity index (χ4n) is 4.52. The quantitative estimate of drug-likeness (QED) is 0.524. The largest absolute Gasteiger partial charge is 0.484 e. The standard InChI is InChI=1S/C29H40N2O3/c1-5-26(28(33)30-24-14-10-7-11-15-24)31(20-22-12-8-6-9-13-22)27(32)21-34-25-18-16-23(17-19-25)29(2,3)4/h6,8-9,12-13,16-19,24,26H,5,7,10-11,14-15,20-21H2,1-4H3,(H,30,33)/t26-/m0/s1. The van der Waals surface area contributed by atoms with Gasteiger partial charge in [0.05, 0.1) is 0 Å². The highest BCUT2D eigenvalue weighted by molar-refractivity contribution is 5.88. The number of carbonyl (C=O) groups excluding carboxylic acids is 2. The predicted octanol–water partition coefficient (Wildman–Crippen LogP) is 5.62. The number of rotatable bonds is 9. The topological polar surface area (TPSA) is 58.6 Å². The van der Waals surface area contributed by atoms with E-state index in [1.165, 1.54) is 12.0 Å². The molecular formula is C29H40N2O3. The van der Waals surface area contributed by atoms with Crippen LogP contribution < -0.4 is 10.1 Å². The maximum absolute atomic E-state index is 13.4. The number of amides is 2. The minimum absolute atomic E-state index is 0.0564. The Balaban J connectivity index is 1.71. The summed E-state index contributed by atoms with van der Waals surface area (Å²) in [5, 5.41) is 3.21. The summed E-state index contributed by atoms with van der Waals surface area (Å²) in [5.74, 6) is 0.406. The number of hydrogen-bond acceptors (Lipinski definition) is 3. The fraction of sp³-hybridized carbons (Fsp3) is 0.517. The molecule has 1 atom stereocenters. The predicted molar refractivity (Wildman–Crippen MR) is 137 cm³/mol. The lowest BCUT2D eigenvalue weighted by molar-refractivity contribution is -0.143. The van der Waals surface area contributed by atoms with Crippen LogP contribution in [0.4, 0.5) is 0 Å². The first kappa shape index (κ1) is 25.8. The van der Waals surface area contributed by atoms with Crippen LogP contribution in [0, 0.1) is 0 Å². The average molecular weight is 465 g/mol. The number of ether oxygens (including phenoxy) is 1. The monoisotopic (exact) mass is 464 g/mol. The molecule has 2 aromatic rings. The zero-order valence-electron chi connectivity index (χ0n) is 21.2. The van der Waals surface area contributed by atoms with E-state index in [0.29, 0.717) is 18.7 Å². The molecule has 2 amide bonds. The summed E-state index contributed by atoms with van der Waals surface area (Å²) >= 11 is 0. The smallest absolute Gasteiger partial charge is 0.261 e. The van der Waals surface area contributed by atoms with Gasteiger partial charge >= 0.3 is 0 Å². The summed E-state index contributed by atoms with van der Waals surface area (Å²) in [6.07, 6.45) is 6.12. The zero-order chi connectivity index (χ0) is 24.6. The van der Waals surface area contributed by atoms with Crippen molar-refractivity contribution < 1.29 is 14.3 Å². The lowest BCUT2D eigenvalue weighted by atomic mass is 9.87. The van der Waals surface area contributed by atoms with Crippen molar-refractivity contribution in [2.24, 2.45) is 0 Å². The van der Waals surface area contributed by atoms with Crippen LogP contribution in [0.25, 0.3) is 0 Å². The second-order valence-electron chi connectivity index (χ2n) is 10.3. The highest BCUT2D eigenvalue weighted by Gasteiger charge is 2.30. The number of carbonyl (C=O) groups is 2. The molecule has 5 nitrogen and oxygen atoms in total. The van der Waals surface area contributed by atoms with Gasteiger partial charge in [-0.05, 0) is 47.9 Å². The van der Waals surface area contributed by atoms with E-state index in [0.717, 1.165) is 31.2 Å². The van der Waals surface area contributed by atoms with Gasteiger partial charge in [-0.2, -0.15) is 0 Å². The van der Waals surface area contributed by atoms with E-state index >= 15 is 0 Å². The van der Waals surface area contributed by atoms with E-state index in [1.807, 2.05) is 61.5 Å². The molecule has 0 heterocycles. The summed E-state index contributed by atoms with van der Waals surface area (Å²) < 4.78 is 5.86. The van der Waals surface area contributed by atoms with Gasteiger partial charge in [-0.3, -0.25) is 9.59 Å². The Morgan fingerprint density at radius 1 is 1.00 bits per heavy atom. The first-order chi connectivity index (χ1) is 16.3. The van der Waals surface area contributed by atoms with Crippen LogP contribution in [-0.2, 0) is 21.5 Å². The van der Waals surface area contributed by atoms with E-state index in [2.05, 4.69) is 26.1 Å². The van der Waals surface area contributed by atoms with Crippen LogP contribution in [0.15, 0.2) is 54.6 Å². The Morgan fingerprint density at radius 3 is 2.24 bits per heavy atom. The molecular weight excluding hydrogens is 424 g/mol. The van der Waals surface area contributed by atoms with Crippen LogP contribution >= 0.6 is 0 Å². The Kier molecular flexibility index (Phi) is 9.14. The molecule has 0 unspecified atom stereocenters. The van der Waals surface area contributed by atoms with Gasteiger partial charge in [-0.1, -0.05) is 89.4 Å². The van der Waals surface area contributed by atoms with Gasteiger partial charge in [0.25, 0.3) is 5.91 Å². The molecule has 1 fully saturated rings. The third kappa shape index (κ3) is 7.34. The molecule has 1 aliphatic rings. The second kappa shape index (κ2) is 12.0. The molecule has 3 rings (SSSR count). The minimum Gasteiger partial charge on any atom is -0.484 e. The van der Waals surface area contributed by atoms with Crippen LogP contribution in [0.3, 0.4) is 0 Å². The normalized spacial score (nSPS) is 15.4. The molecule has 0 spiro atoms. The van der Waals surface area contributed by atoms with Gasteiger partial charge in [0.1, 0.15) is 11.8 Å². The Hall–Kier alpha value is -2.82. The first-order valence-electron chi connectivity index (χ1n) is 12.6. The van der Waals surface area contributed by atoms with E-state index in [-0.39, 0.29) is 29.9 Å². The van der Waals surface area contributed by atoms with Gasteiger partial charge in [0.15, 0.2) is 6.61 Å². The maximum Gasteiger partial charge on any atom is 0.261 e. The van der Waals surface area contributed by atoms with Gasteiger partial charge in [-0.25, -0.2) is 0 Å². The molecule has 0 aromatic heterocycles. The van der Waals surface area contributed by atoms with Crippen LogP contribution in [-0.4, -0.2) is 35.4 Å². The SMILES string of the molecule is CC[C@@H](C(=O)NC1CCCCC1)N(Cc1ccccc1)C(=O)COc1ccc(C(C)(C)C)cc1. The van der Waals surface area contributed by atoms with E-state index in [9.17, 15) is 9.59 Å². The molecule has 0 bridgehead atoms. The molecule has 0 saturated heterocycles. The second-order valence-corrected chi connectivity index (χ2v) is 10.3. The Labute approximate surface area is 204 Å². The lowest BCUT2D eigenvalue weighted by Gasteiger charge is -2.32. The molecule has 1 N–H and O–H groups in total. The highest BCUT2D eigenvalue weighted by atomic mass is 16.5. The van der Waals surface area contributed by atoms with Crippen LogP contribution in [0.2, 0.25) is 0 Å². The average Bonchev–Trinajstić information content (AvgIpc) is 2.83. The highest BCUT2D eigenvalue weighted by Crippen LogP contribution is 2.24. The third-order valence-electron chi connectivity index (χ3n) is 6.62. The van der Waals surface area contributed by atoms with Gasteiger partial charge in [0, 0.05) is 12.6 Å². The van der Waals surface area contributed by atoms with Gasteiger partial charge in [0.2, 0.25) is 5.91 Å². The zero-order valence-corrected chi connectivity index (χ0v) is 21.2. The van der Waals surface area contributed by atoms with Crippen molar-refractivity contribution >= 4 is 11.8 Å². The summed E-state index contributed by atoms with van der Waals surface area (Å²) in [4.78, 5) is 28.3. The molecule has 0 radical (unpaired) electrons. The van der Waals surface area contributed by atoms with Gasteiger partial charge in [-0.15, -0.1) is 0 Å². The molecule has 34 heavy (non-hydrogen) atoms. The first-order valence-corrected chi connectivity index (χ1v) is 12.6. The van der Waals surface area contributed by atoms with Crippen molar-refractivity contribution in [3.8, 4) is 5.75 Å². The van der Waals surface area contributed by atoms with Crippen molar-refractivity contribution in [3.05, 3.63) is 65.7 Å². The van der Waals surface area contributed by atoms with Crippen molar-refractivity contribution in [2.75, 3.05) is 6.61 Å². The molecule has 5 heteroatoms. The number of nitrogens with zero attached hydrogens (tertiary/aromatic N) is 1. The van der Waals surface area contributed by atoms with Crippen LogP contribution in [0.1, 0.15) is 77.3 Å². The van der Waals surface area contributed by atoms with E-state index < -0.39 is 6.04 Å². The maximum atomic E-state index is 13.4. The molecule has 1 aliphatic carbocycles. The molecule has 1 saturated carbocycles. The van der Waals surface area contributed by atoms with Crippen molar-refractivity contribution in [1.29, 1.82) is 0 Å². The Bertz CT molecular complexity index is 913. The summed E-state index contributed by atoms with van der Waals surface area (Å²) in [6.45, 7) is 8.73. The summed E-state index contributed by atoms with van der Waals surface area (Å²) in [7, 11) is 0.